The zero-order valence-corrected chi connectivity index (χ0v) is 10.1. The van der Waals surface area contributed by atoms with Gasteiger partial charge in [-0.05, 0) is 6.92 Å². The summed E-state index contributed by atoms with van der Waals surface area (Å²) in [6, 6.07) is 0. The Morgan fingerprint density at radius 3 is 2.00 bits per heavy atom. The second kappa shape index (κ2) is 3.49. The van der Waals surface area contributed by atoms with E-state index in [2.05, 4.69) is 32.3 Å². The third-order valence-corrected chi connectivity index (χ3v) is 3.06. The van der Waals surface area contributed by atoms with Crippen LogP contribution >= 0.6 is 0 Å². The number of hydrogen-bond acceptors (Lipinski definition) is 3. The van der Waals surface area contributed by atoms with Crippen LogP contribution in [0, 0.1) is 5.41 Å². The summed E-state index contributed by atoms with van der Waals surface area (Å²) >= 11 is 0. The van der Waals surface area contributed by atoms with Gasteiger partial charge >= 0.3 is 0 Å². The molecule has 0 aromatic heterocycles. The highest BCUT2D eigenvalue weighted by Crippen LogP contribution is 2.35. The van der Waals surface area contributed by atoms with Gasteiger partial charge in [0.15, 0.2) is 6.29 Å². The van der Waals surface area contributed by atoms with Crippen molar-refractivity contribution in [3.05, 3.63) is 12.3 Å². The molecule has 2 atom stereocenters. The van der Waals surface area contributed by atoms with Crippen molar-refractivity contribution < 1.29 is 9.47 Å². The number of allylic oxidation sites excluding steroid dienone is 1. The molecule has 0 radical (unpaired) electrons. The third kappa shape index (κ3) is 2.04. The number of nitrogens with zero attached hydrogens (tertiary/aromatic N) is 1. The summed E-state index contributed by atoms with van der Waals surface area (Å²) in [5.74, 6) is 0. The van der Waals surface area contributed by atoms with E-state index in [1.807, 2.05) is 6.92 Å². The lowest BCUT2D eigenvalue weighted by Gasteiger charge is -2.28. The first-order valence-corrected chi connectivity index (χ1v) is 5.59. The van der Waals surface area contributed by atoms with Crippen molar-refractivity contribution >= 4 is 0 Å². The second-order valence-corrected chi connectivity index (χ2v) is 5.69. The lowest BCUT2D eigenvalue weighted by molar-refractivity contribution is -0.139. The zero-order valence-electron chi connectivity index (χ0n) is 10.1. The minimum absolute atomic E-state index is 0.0558. The van der Waals surface area contributed by atoms with E-state index in [9.17, 15) is 0 Å². The Bertz CT molecular complexity index is 255. The number of likely N-dealkylation sites (tertiary alicyclic amines) is 1. The Morgan fingerprint density at radius 1 is 1.20 bits per heavy atom. The van der Waals surface area contributed by atoms with Gasteiger partial charge in [0.05, 0.1) is 0 Å². The summed E-state index contributed by atoms with van der Waals surface area (Å²) in [4.78, 5) is 2.23. The molecule has 0 aromatic rings. The average Bonchev–Trinajstić information content (AvgIpc) is 2.55. The molecule has 3 nitrogen and oxygen atoms in total. The van der Waals surface area contributed by atoms with Gasteiger partial charge in [-0.3, -0.25) is 0 Å². The van der Waals surface area contributed by atoms with Gasteiger partial charge in [0.25, 0.3) is 0 Å². The first-order valence-electron chi connectivity index (χ1n) is 5.59. The van der Waals surface area contributed by atoms with Crippen LogP contribution in [0.3, 0.4) is 0 Å². The summed E-state index contributed by atoms with van der Waals surface area (Å²) in [5, 5.41) is 0. The highest BCUT2D eigenvalue weighted by atomic mass is 16.7. The molecule has 15 heavy (non-hydrogen) atoms. The van der Waals surface area contributed by atoms with Crippen molar-refractivity contribution in [3.8, 4) is 0 Å². The minimum atomic E-state index is -0.0558. The van der Waals surface area contributed by atoms with E-state index >= 15 is 0 Å². The van der Waals surface area contributed by atoms with E-state index in [1.165, 1.54) is 0 Å². The van der Waals surface area contributed by atoms with E-state index in [4.69, 9.17) is 9.47 Å². The summed E-state index contributed by atoms with van der Waals surface area (Å²) in [6.45, 7) is 14.3. The van der Waals surface area contributed by atoms with E-state index < -0.39 is 0 Å². The molecule has 0 saturated carbocycles. The van der Waals surface area contributed by atoms with Gasteiger partial charge < -0.3 is 14.4 Å². The van der Waals surface area contributed by atoms with Crippen molar-refractivity contribution in [2.45, 2.75) is 46.2 Å². The first-order chi connectivity index (χ1) is 6.88. The van der Waals surface area contributed by atoms with Gasteiger partial charge in [-0.2, -0.15) is 0 Å². The Hall–Kier alpha value is -0.540. The Kier molecular flexibility index (Phi) is 2.55. The lowest BCUT2D eigenvalue weighted by Crippen LogP contribution is -2.31. The fourth-order valence-corrected chi connectivity index (χ4v) is 2.07. The van der Waals surface area contributed by atoms with Gasteiger partial charge in [0.1, 0.15) is 12.2 Å². The maximum atomic E-state index is 5.93. The zero-order chi connectivity index (χ0) is 11.2. The van der Waals surface area contributed by atoms with E-state index in [-0.39, 0.29) is 23.9 Å². The number of fused-ring (bicyclic) bond motifs is 1. The molecule has 3 heteroatoms. The van der Waals surface area contributed by atoms with Crippen LogP contribution in [0.15, 0.2) is 12.3 Å². The predicted octanol–water partition coefficient (Wildman–Crippen LogP) is 1.99. The molecule has 0 aliphatic carbocycles. The number of ether oxygens (including phenoxy) is 2. The van der Waals surface area contributed by atoms with Crippen molar-refractivity contribution in [3.63, 3.8) is 0 Å². The molecule has 2 saturated heterocycles. The third-order valence-electron chi connectivity index (χ3n) is 3.06. The van der Waals surface area contributed by atoms with Crippen molar-refractivity contribution in [2.75, 3.05) is 13.1 Å². The van der Waals surface area contributed by atoms with E-state index in [1.54, 1.807) is 0 Å². The quantitative estimate of drug-likeness (QED) is 0.662. The van der Waals surface area contributed by atoms with Crippen LogP contribution in [0.1, 0.15) is 27.7 Å². The number of rotatable bonds is 1. The highest BCUT2D eigenvalue weighted by molar-refractivity contribution is 5.00. The molecule has 2 aliphatic heterocycles. The standard InChI is InChI=1S/C12H21NO2/c1-8(2)13-6-9-10(7-13)15-11(14-9)12(3,4)5/h9-11H,1,6-7H2,2-5H3. The van der Waals surface area contributed by atoms with Gasteiger partial charge in [-0.15, -0.1) is 0 Å². The molecule has 0 spiro atoms. The highest BCUT2D eigenvalue weighted by Gasteiger charge is 2.46. The first kappa shape index (κ1) is 11.0. The molecule has 2 unspecified atom stereocenters. The molecule has 0 aromatic carbocycles. The van der Waals surface area contributed by atoms with Crippen LogP contribution in [0.4, 0.5) is 0 Å². The fourth-order valence-electron chi connectivity index (χ4n) is 2.07. The molecular weight excluding hydrogens is 190 g/mol. The molecule has 0 amide bonds. The van der Waals surface area contributed by atoms with Gasteiger partial charge in [0, 0.05) is 24.2 Å². The average molecular weight is 211 g/mol. The molecule has 2 heterocycles. The normalized spacial score (nSPS) is 35.7. The Balaban J connectivity index is 1.96. The summed E-state index contributed by atoms with van der Waals surface area (Å²) < 4.78 is 11.9. The van der Waals surface area contributed by atoms with Gasteiger partial charge in [0.2, 0.25) is 0 Å². The van der Waals surface area contributed by atoms with E-state index in [0.29, 0.717) is 0 Å². The maximum absolute atomic E-state index is 5.93. The summed E-state index contributed by atoms with van der Waals surface area (Å²) in [7, 11) is 0. The van der Waals surface area contributed by atoms with Crippen LogP contribution in [0.5, 0.6) is 0 Å². The summed E-state index contributed by atoms with van der Waals surface area (Å²) in [5.41, 5.74) is 1.17. The van der Waals surface area contributed by atoms with Gasteiger partial charge in [-0.25, -0.2) is 0 Å². The Morgan fingerprint density at radius 2 is 1.67 bits per heavy atom. The van der Waals surface area contributed by atoms with Crippen LogP contribution in [-0.2, 0) is 9.47 Å². The molecule has 2 rings (SSSR count). The van der Waals surface area contributed by atoms with Crippen LogP contribution in [0.25, 0.3) is 0 Å². The predicted molar refractivity (Wildman–Crippen MR) is 59.4 cm³/mol. The smallest absolute Gasteiger partial charge is 0.163 e. The largest absolute Gasteiger partial charge is 0.370 e. The van der Waals surface area contributed by atoms with Crippen molar-refractivity contribution in [1.82, 2.24) is 4.90 Å². The maximum Gasteiger partial charge on any atom is 0.163 e. The molecular formula is C12H21NO2. The molecule has 86 valence electrons. The monoisotopic (exact) mass is 211 g/mol. The molecule has 0 N–H and O–H groups in total. The topological polar surface area (TPSA) is 21.7 Å². The lowest BCUT2D eigenvalue weighted by atomic mass is 9.96. The van der Waals surface area contributed by atoms with Crippen molar-refractivity contribution in [2.24, 2.45) is 5.41 Å². The van der Waals surface area contributed by atoms with Gasteiger partial charge in [-0.1, -0.05) is 27.4 Å². The number of hydrogen-bond donors (Lipinski definition) is 0. The van der Waals surface area contributed by atoms with Crippen molar-refractivity contribution in [1.29, 1.82) is 0 Å². The molecule has 2 fully saturated rings. The van der Waals surface area contributed by atoms with E-state index in [0.717, 1.165) is 18.8 Å². The van der Waals surface area contributed by atoms with Crippen LogP contribution < -0.4 is 0 Å². The summed E-state index contributed by atoms with van der Waals surface area (Å²) in [6.07, 6.45) is 0.400. The fraction of sp³-hybridized carbons (Fsp3) is 0.833. The van der Waals surface area contributed by atoms with Crippen LogP contribution in [-0.4, -0.2) is 36.5 Å². The minimum Gasteiger partial charge on any atom is -0.370 e. The molecule has 2 aliphatic rings. The SMILES string of the molecule is C=C(C)N1CC2OC(C(C)(C)C)OC2C1. The second-order valence-electron chi connectivity index (χ2n) is 5.69. The molecule has 0 bridgehead atoms. The Labute approximate surface area is 92.0 Å². The van der Waals surface area contributed by atoms with Crippen LogP contribution in [0.2, 0.25) is 0 Å².